The third-order valence-electron chi connectivity index (χ3n) is 5.23. The van der Waals surface area contributed by atoms with Crippen molar-refractivity contribution in [2.24, 2.45) is 0 Å². The number of sulfonamides is 1. The molecule has 1 aromatic heterocycles. The standard InChI is InChI=1S/C24H25ClN2O3S.ClH/c1-26(2)17-21-15-20-16-27(14-13-24(20)30-21)31(28,29)22-11-8-18(9-12-22)7-10-19-5-3-4-6-23(19)25;/h3-12,15H,13-14,16-17H2,1-2H3;1H. The van der Waals surface area contributed by atoms with Gasteiger partial charge in [-0.2, -0.15) is 4.31 Å². The van der Waals surface area contributed by atoms with Crippen LogP contribution in [0.4, 0.5) is 0 Å². The van der Waals surface area contributed by atoms with Crippen molar-refractivity contribution in [1.82, 2.24) is 9.21 Å². The Morgan fingerprint density at radius 2 is 1.81 bits per heavy atom. The molecule has 0 saturated carbocycles. The molecule has 8 heteroatoms. The van der Waals surface area contributed by atoms with E-state index in [1.165, 1.54) is 4.31 Å². The summed E-state index contributed by atoms with van der Waals surface area (Å²) < 4.78 is 33.8. The summed E-state index contributed by atoms with van der Waals surface area (Å²) in [5.41, 5.74) is 2.77. The quantitative estimate of drug-likeness (QED) is 0.436. The molecule has 0 amide bonds. The van der Waals surface area contributed by atoms with E-state index in [0.717, 1.165) is 28.2 Å². The van der Waals surface area contributed by atoms with Crippen LogP contribution < -0.4 is 0 Å². The lowest BCUT2D eigenvalue weighted by Crippen LogP contribution is -2.35. The smallest absolute Gasteiger partial charge is 0.243 e. The van der Waals surface area contributed by atoms with Crippen LogP contribution in [0, 0.1) is 0 Å². The van der Waals surface area contributed by atoms with E-state index in [-0.39, 0.29) is 12.4 Å². The van der Waals surface area contributed by atoms with Gasteiger partial charge < -0.3 is 9.32 Å². The summed E-state index contributed by atoms with van der Waals surface area (Å²) in [4.78, 5) is 2.32. The first-order valence-electron chi connectivity index (χ1n) is 10.1. The van der Waals surface area contributed by atoms with Gasteiger partial charge in [0.25, 0.3) is 0 Å². The van der Waals surface area contributed by atoms with Crippen molar-refractivity contribution in [2.45, 2.75) is 24.4 Å². The van der Waals surface area contributed by atoms with Crippen molar-refractivity contribution in [2.75, 3.05) is 20.6 Å². The zero-order valence-corrected chi connectivity index (χ0v) is 20.4. The van der Waals surface area contributed by atoms with Crippen LogP contribution in [-0.2, 0) is 29.5 Å². The second-order valence-corrected chi connectivity index (χ2v) is 10.3. The average molecular weight is 493 g/mol. The Labute approximate surface area is 200 Å². The highest BCUT2D eigenvalue weighted by Gasteiger charge is 2.30. The Balaban J connectivity index is 0.00000289. The molecule has 5 nitrogen and oxygen atoms in total. The average Bonchev–Trinajstić information content (AvgIpc) is 3.14. The van der Waals surface area contributed by atoms with Crippen LogP contribution in [0.5, 0.6) is 0 Å². The van der Waals surface area contributed by atoms with Crippen LogP contribution in [0.15, 0.2) is 63.9 Å². The lowest BCUT2D eigenvalue weighted by Gasteiger charge is -2.25. The SMILES string of the molecule is CN(C)Cc1cc2c(o1)CCN(S(=O)(=O)c1ccc(C=Cc3ccccc3Cl)cc1)C2.Cl. The second-order valence-electron chi connectivity index (χ2n) is 7.91. The summed E-state index contributed by atoms with van der Waals surface area (Å²) in [5.74, 6) is 1.76. The van der Waals surface area contributed by atoms with Gasteiger partial charge in [-0.1, -0.05) is 54.1 Å². The molecule has 2 heterocycles. The molecule has 0 radical (unpaired) electrons. The molecule has 3 aromatic rings. The van der Waals surface area contributed by atoms with Crippen molar-refractivity contribution in [3.63, 3.8) is 0 Å². The number of halogens is 2. The highest BCUT2D eigenvalue weighted by Crippen LogP contribution is 2.28. The van der Waals surface area contributed by atoms with Crippen LogP contribution in [-0.4, -0.2) is 38.3 Å². The van der Waals surface area contributed by atoms with Crippen LogP contribution >= 0.6 is 24.0 Å². The van der Waals surface area contributed by atoms with Gasteiger partial charge >= 0.3 is 0 Å². The van der Waals surface area contributed by atoms with Gasteiger partial charge in [0.2, 0.25) is 10.0 Å². The third-order valence-corrected chi connectivity index (χ3v) is 7.44. The molecule has 32 heavy (non-hydrogen) atoms. The van der Waals surface area contributed by atoms with E-state index in [0.29, 0.717) is 36.0 Å². The van der Waals surface area contributed by atoms with E-state index >= 15 is 0 Å². The third kappa shape index (κ3) is 5.45. The predicted molar refractivity (Wildman–Crippen MR) is 131 cm³/mol. The second kappa shape index (κ2) is 10.2. The van der Waals surface area contributed by atoms with E-state index < -0.39 is 10.0 Å². The molecule has 170 valence electrons. The van der Waals surface area contributed by atoms with E-state index in [1.54, 1.807) is 12.1 Å². The number of hydrogen-bond donors (Lipinski definition) is 0. The molecular weight excluding hydrogens is 467 g/mol. The van der Waals surface area contributed by atoms with Gasteiger partial charge in [0.15, 0.2) is 0 Å². The van der Waals surface area contributed by atoms with Crippen molar-refractivity contribution in [1.29, 1.82) is 0 Å². The van der Waals surface area contributed by atoms with Crippen molar-refractivity contribution < 1.29 is 12.8 Å². The fraction of sp³-hybridized carbons (Fsp3) is 0.250. The van der Waals surface area contributed by atoms with Gasteiger partial charge in [-0.05, 0) is 49.5 Å². The maximum absolute atomic E-state index is 13.2. The van der Waals surface area contributed by atoms with Crippen LogP contribution in [0.2, 0.25) is 5.02 Å². The Kier molecular flexibility index (Phi) is 7.85. The normalized spacial score (nSPS) is 14.5. The van der Waals surface area contributed by atoms with Gasteiger partial charge in [0, 0.05) is 30.1 Å². The molecule has 0 unspecified atom stereocenters. The first-order valence-corrected chi connectivity index (χ1v) is 11.9. The summed E-state index contributed by atoms with van der Waals surface area (Å²) in [6.45, 7) is 1.45. The van der Waals surface area contributed by atoms with Gasteiger partial charge in [-0.15, -0.1) is 12.4 Å². The van der Waals surface area contributed by atoms with E-state index in [9.17, 15) is 8.42 Å². The molecule has 4 rings (SSSR count). The van der Waals surface area contributed by atoms with Gasteiger partial charge in [-0.25, -0.2) is 8.42 Å². The zero-order chi connectivity index (χ0) is 22.0. The molecule has 2 aromatic carbocycles. The molecule has 0 spiro atoms. The van der Waals surface area contributed by atoms with E-state index in [2.05, 4.69) is 0 Å². The Morgan fingerprint density at radius 3 is 2.50 bits per heavy atom. The van der Waals surface area contributed by atoms with Gasteiger partial charge in [0.05, 0.1) is 11.4 Å². The minimum atomic E-state index is -3.57. The summed E-state index contributed by atoms with van der Waals surface area (Å²) >= 11 is 6.18. The van der Waals surface area contributed by atoms with Crippen LogP contribution in [0.3, 0.4) is 0 Å². The number of rotatable bonds is 6. The Hall–Kier alpha value is -2.09. The molecule has 0 bridgehead atoms. The number of hydrogen-bond acceptors (Lipinski definition) is 4. The highest BCUT2D eigenvalue weighted by atomic mass is 35.5. The topological polar surface area (TPSA) is 53.8 Å². The van der Waals surface area contributed by atoms with E-state index in [4.69, 9.17) is 16.0 Å². The van der Waals surface area contributed by atoms with Crippen LogP contribution in [0.25, 0.3) is 12.2 Å². The summed E-state index contributed by atoms with van der Waals surface area (Å²) in [7, 11) is 0.382. The lowest BCUT2D eigenvalue weighted by molar-refractivity contribution is 0.325. The summed E-state index contributed by atoms with van der Waals surface area (Å²) in [6, 6.07) is 16.5. The zero-order valence-electron chi connectivity index (χ0n) is 18.0. The Bertz CT molecular complexity index is 1200. The molecule has 0 aliphatic carbocycles. The first-order chi connectivity index (χ1) is 14.8. The maximum atomic E-state index is 13.2. The monoisotopic (exact) mass is 492 g/mol. The molecule has 1 aliphatic heterocycles. The van der Waals surface area contributed by atoms with Crippen LogP contribution in [0.1, 0.15) is 28.2 Å². The van der Waals surface area contributed by atoms with Crippen molar-refractivity contribution in [3.8, 4) is 0 Å². The first kappa shape index (κ1) is 24.6. The highest BCUT2D eigenvalue weighted by molar-refractivity contribution is 7.89. The summed E-state index contributed by atoms with van der Waals surface area (Å²) in [5, 5.41) is 0.676. The largest absolute Gasteiger partial charge is 0.464 e. The molecular formula is C24H26Cl2N2O3S. The number of benzene rings is 2. The number of nitrogens with zero attached hydrogens (tertiary/aromatic N) is 2. The van der Waals surface area contributed by atoms with Gasteiger partial charge in [0.1, 0.15) is 11.5 Å². The molecule has 0 N–H and O–H groups in total. The summed E-state index contributed by atoms with van der Waals surface area (Å²) in [6.07, 6.45) is 4.42. The van der Waals surface area contributed by atoms with Crippen molar-refractivity contribution >= 4 is 46.2 Å². The fourth-order valence-electron chi connectivity index (χ4n) is 3.66. The predicted octanol–water partition coefficient (Wildman–Crippen LogP) is 5.33. The Morgan fingerprint density at radius 1 is 1.09 bits per heavy atom. The molecule has 0 atom stereocenters. The maximum Gasteiger partial charge on any atom is 0.243 e. The van der Waals surface area contributed by atoms with Gasteiger partial charge in [-0.3, -0.25) is 0 Å². The molecule has 0 saturated heterocycles. The molecule has 0 fully saturated rings. The molecule has 1 aliphatic rings. The fourth-order valence-corrected chi connectivity index (χ4v) is 5.28. The lowest BCUT2D eigenvalue weighted by atomic mass is 10.1. The minimum absolute atomic E-state index is 0. The van der Waals surface area contributed by atoms with E-state index in [1.807, 2.05) is 73.6 Å². The minimum Gasteiger partial charge on any atom is -0.464 e. The van der Waals surface area contributed by atoms with Crippen molar-refractivity contribution in [3.05, 3.63) is 87.8 Å². The number of furan rings is 1. The number of fused-ring (bicyclic) bond motifs is 1.